The summed E-state index contributed by atoms with van der Waals surface area (Å²) in [6, 6.07) is -10.3. The summed E-state index contributed by atoms with van der Waals surface area (Å²) in [5.74, 6) is -16.1. The number of hydrogen-bond acceptors (Lipinski definition) is 15. The van der Waals surface area contributed by atoms with Crippen molar-refractivity contribution in [3.8, 4) is 0 Å². The minimum atomic E-state index is -1.79. The molecule has 0 aromatic heterocycles. The summed E-state index contributed by atoms with van der Waals surface area (Å²) in [6.45, 7) is -1.42. The molecule has 0 aliphatic rings. The van der Waals surface area contributed by atoms with E-state index >= 15 is 0 Å². The van der Waals surface area contributed by atoms with Crippen LogP contribution in [0.1, 0.15) is 70.6 Å². The highest BCUT2D eigenvalue weighted by molar-refractivity contribution is 5.98. The number of aliphatic carboxylic acids is 4. The third-order valence-corrected chi connectivity index (χ3v) is 8.13. The number of carbonyl (C=O) groups excluding carboxylic acids is 9. The molecule has 0 spiro atoms. The molecule has 0 bridgehead atoms. The second-order valence-electron chi connectivity index (χ2n) is 13.2. The average molecular weight is 876 g/mol. The first kappa shape index (κ1) is 54.0. The number of amides is 9. The molecule has 28 heteroatoms. The molecule has 0 radical (unpaired) electrons. The molecule has 0 unspecified atom stereocenters. The number of nitrogens with two attached hydrogens (primary N) is 4. The Kier molecular flexibility index (Phi) is 25.2. The van der Waals surface area contributed by atoms with Gasteiger partial charge >= 0.3 is 23.9 Å². The number of carboxylic acids is 4. The maximum absolute atomic E-state index is 13.3. The van der Waals surface area contributed by atoms with Crippen LogP contribution in [0.5, 0.6) is 0 Å². The number of unbranched alkanes of at least 4 members (excludes halogenated alkanes) is 1. The highest BCUT2D eigenvalue weighted by Gasteiger charge is 2.33. The Morgan fingerprint density at radius 2 is 0.852 bits per heavy atom. The van der Waals surface area contributed by atoms with E-state index in [0.717, 1.165) is 0 Å². The second-order valence-corrected chi connectivity index (χ2v) is 13.2. The smallest absolute Gasteiger partial charge is 0.326 e. The van der Waals surface area contributed by atoms with E-state index in [-0.39, 0.29) is 13.0 Å². The molecule has 0 aromatic rings. The van der Waals surface area contributed by atoms with Crippen molar-refractivity contribution in [2.75, 3.05) is 19.6 Å². The zero-order valence-corrected chi connectivity index (χ0v) is 32.8. The second kappa shape index (κ2) is 28.5. The zero-order chi connectivity index (χ0) is 46.8. The van der Waals surface area contributed by atoms with E-state index in [9.17, 15) is 77.6 Å². The van der Waals surface area contributed by atoms with E-state index < -0.39 is 178 Å². The number of rotatable bonds is 32. The SMILES string of the molecule is NCCCC[C@H](NC(=O)[C@H](CC(N)=O)NC(=O)[C@H](CCC(=O)O)NC(=O)CNC(=O)[C@H](CCC(N)=O)NC(=O)[C@H](CCC(=O)O)NC(=O)[C@H](CC(=O)O)NC(=O)CN)C(=O)O. The van der Waals surface area contributed by atoms with Crippen molar-refractivity contribution in [1.29, 1.82) is 0 Å². The fraction of sp³-hybridized carbons (Fsp3) is 0.606. The first-order chi connectivity index (χ1) is 28.5. The Hall–Kier alpha value is -6.97. The van der Waals surface area contributed by atoms with Crippen LogP contribution in [0.4, 0.5) is 0 Å². The molecule has 61 heavy (non-hydrogen) atoms. The number of primary amides is 2. The van der Waals surface area contributed by atoms with Crippen molar-refractivity contribution in [2.24, 2.45) is 22.9 Å². The minimum Gasteiger partial charge on any atom is -0.481 e. The van der Waals surface area contributed by atoms with Crippen LogP contribution >= 0.6 is 0 Å². The van der Waals surface area contributed by atoms with Crippen LogP contribution in [0.2, 0.25) is 0 Å². The van der Waals surface area contributed by atoms with Crippen LogP contribution < -0.4 is 60.2 Å². The fourth-order valence-corrected chi connectivity index (χ4v) is 5.05. The molecule has 0 fully saturated rings. The van der Waals surface area contributed by atoms with Gasteiger partial charge in [0.2, 0.25) is 53.2 Å². The molecule has 0 aliphatic heterocycles. The van der Waals surface area contributed by atoms with Crippen molar-refractivity contribution in [2.45, 2.75) is 107 Å². The summed E-state index contributed by atoms with van der Waals surface area (Å²) in [6.07, 6.45) is -5.04. The van der Waals surface area contributed by atoms with Crippen molar-refractivity contribution in [1.82, 2.24) is 37.2 Å². The first-order valence-corrected chi connectivity index (χ1v) is 18.4. The summed E-state index contributed by atoms with van der Waals surface area (Å²) in [7, 11) is 0. The van der Waals surface area contributed by atoms with Gasteiger partial charge in [-0.1, -0.05) is 0 Å². The molecule has 19 N–H and O–H groups in total. The van der Waals surface area contributed by atoms with Gasteiger partial charge in [-0.25, -0.2) is 4.79 Å². The minimum absolute atomic E-state index is 0.0704. The quantitative estimate of drug-likeness (QED) is 0.0279. The number of hydrogen-bond donors (Lipinski definition) is 15. The van der Waals surface area contributed by atoms with Gasteiger partial charge in [0.1, 0.15) is 36.3 Å². The van der Waals surface area contributed by atoms with Crippen molar-refractivity contribution in [3.05, 3.63) is 0 Å². The molecular weight excluding hydrogens is 822 g/mol. The lowest BCUT2D eigenvalue weighted by Crippen LogP contribution is -2.58. The normalized spacial score (nSPS) is 13.5. The van der Waals surface area contributed by atoms with Crippen LogP contribution in [0.15, 0.2) is 0 Å². The van der Waals surface area contributed by atoms with Crippen LogP contribution in [0.3, 0.4) is 0 Å². The maximum atomic E-state index is 13.3. The number of carboxylic acid groups (broad SMARTS) is 4. The maximum Gasteiger partial charge on any atom is 0.326 e. The van der Waals surface area contributed by atoms with E-state index in [1.165, 1.54) is 0 Å². The van der Waals surface area contributed by atoms with E-state index in [2.05, 4.69) is 31.9 Å². The highest BCUT2D eigenvalue weighted by Crippen LogP contribution is 2.07. The van der Waals surface area contributed by atoms with E-state index in [0.29, 0.717) is 12.8 Å². The van der Waals surface area contributed by atoms with Gasteiger partial charge in [-0.3, -0.25) is 57.5 Å². The van der Waals surface area contributed by atoms with Crippen molar-refractivity contribution < 1.29 is 82.8 Å². The van der Waals surface area contributed by atoms with E-state index in [1.807, 2.05) is 5.32 Å². The summed E-state index contributed by atoms with van der Waals surface area (Å²) >= 11 is 0. The molecule has 0 aromatic carbocycles. The van der Waals surface area contributed by atoms with Crippen LogP contribution in [-0.4, -0.2) is 153 Å². The highest BCUT2D eigenvalue weighted by atomic mass is 16.4. The number of carbonyl (C=O) groups is 13. The van der Waals surface area contributed by atoms with Crippen LogP contribution in [-0.2, 0) is 62.3 Å². The average Bonchev–Trinajstić information content (AvgIpc) is 3.16. The van der Waals surface area contributed by atoms with Gasteiger partial charge in [-0.05, 0) is 45.1 Å². The Morgan fingerprint density at radius 3 is 1.30 bits per heavy atom. The third kappa shape index (κ3) is 23.9. The molecule has 0 rings (SSSR count). The lowest BCUT2D eigenvalue weighted by atomic mass is 10.1. The third-order valence-electron chi connectivity index (χ3n) is 8.13. The lowest BCUT2D eigenvalue weighted by molar-refractivity contribution is -0.143. The largest absolute Gasteiger partial charge is 0.481 e. The molecule has 342 valence electrons. The lowest BCUT2D eigenvalue weighted by Gasteiger charge is -2.25. The van der Waals surface area contributed by atoms with Gasteiger partial charge in [0, 0.05) is 19.3 Å². The van der Waals surface area contributed by atoms with Gasteiger partial charge in [0.15, 0.2) is 0 Å². The van der Waals surface area contributed by atoms with Gasteiger partial charge in [0.25, 0.3) is 0 Å². The molecule has 9 amide bonds. The van der Waals surface area contributed by atoms with E-state index in [1.54, 1.807) is 0 Å². The molecule has 0 aliphatic carbocycles. The molecule has 28 nitrogen and oxygen atoms in total. The molecular formula is C33H53N11O17. The Labute approximate surface area is 346 Å². The van der Waals surface area contributed by atoms with Gasteiger partial charge in [-0.2, -0.15) is 0 Å². The van der Waals surface area contributed by atoms with Crippen molar-refractivity contribution in [3.63, 3.8) is 0 Å². The van der Waals surface area contributed by atoms with Crippen LogP contribution in [0.25, 0.3) is 0 Å². The summed E-state index contributed by atoms with van der Waals surface area (Å²) < 4.78 is 0. The standard InChI is InChI=1S/C33H53N11O17/c34-10-2-1-3-18(33(60)61)43-31(58)19(11-22(37)46)44-29(56)16(5-8-25(49)50)39-24(48)14-38-28(55)15(4-7-21(36)45)41-30(57)17(6-9-26(51)52)42-32(59)20(12-27(53)54)40-23(47)13-35/h15-20H,1-14,34-35H2,(H2,36,45)(H2,37,46)(H,38,55)(H,39,48)(H,40,47)(H,41,57)(H,42,59)(H,43,58)(H,44,56)(H,49,50)(H,51,52)(H,53,54)(H,60,61)/t15-,16-,17-,18-,19-,20-/m0/s1. The predicted molar refractivity (Wildman–Crippen MR) is 202 cm³/mol. The van der Waals surface area contributed by atoms with Gasteiger partial charge in [0.05, 0.1) is 25.9 Å². The Balaban J connectivity index is 6.16. The zero-order valence-electron chi connectivity index (χ0n) is 32.8. The Bertz CT molecular complexity index is 1640. The van der Waals surface area contributed by atoms with Gasteiger partial charge < -0.3 is 80.6 Å². The predicted octanol–water partition coefficient (Wildman–Crippen LogP) is -7.47. The summed E-state index contributed by atoms with van der Waals surface area (Å²) in [5.41, 5.74) is 21.0. The topological polar surface area (TPSA) is 491 Å². The molecule has 0 saturated heterocycles. The fourth-order valence-electron chi connectivity index (χ4n) is 5.05. The summed E-state index contributed by atoms with van der Waals surface area (Å²) in [5, 5.41) is 51.8. The Morgan fingerprint density at radius 1 is 0.426 bits per heavy atom. The molecule has 0 heterocycles. The molecule has 0 saturated carbocycles. The number of nitrogens with one attached hydrogen (secondary N) is 7. The molecule has 6 atom stereocenters. The van der Waals surface area contributed by atoms with Gasteiger partial charge in [-0.15, -0.1) is 0 Å². The first-order valence-electron chi connectivity index (χ1n) is 18.4. The van der Waals surface area contributed by atoms with Crippen LogP contribution in [0, 0.1) is 0 Å². The van der Waals surface area contributed by atoms with E-state index in [4.69, 9.17) is 28.0 Å². The monoisotopic (exact) mass is 875 g/mol. The van der Waals surface area contributed by atoms with Crippen molar-refractivity contribution >= 4 is 77.0 Å². The summed E-state index contributed by atoms with van der Waals surface area (Å²) in [4.78, 5) is 159.